The fourth-order valence-electron chi connectivity index (χ4n) is 2.21. The fraction of sp³-hybridized carbons (Fsp3) is 0.0526. The van der Waals surface area contributed by atoms with Crippen LogP contribution >= 0.6 is 0 Å². The van der Waals surface area contributed by atoms with E-state index < -0.39 is 0 Å². The third kappa shape index (κ3) is 2.97. The predicted octanol–water partition coefficient (Wildman–Crippen LogP) is 4.69. The Morgan fingerprint density at radius 1 is 1.05 bits per heavy atom. The average Bonchev–Trinajstić information content (AvgIpc) is 3.03. The van der Waals surface area contributed by atoms with E-state index in [4.69, 9.17) is 9.78 Å². The summed E-state index contributed by atoms with van der Waals surface area (Å²) in [5, 5.41) is 12.9. The molecule has 0 radical (unpaired) electrons. The van der Waals surface area contributed by atoms with Crippen LogP contribution in [-0.2, 0) is 0 Å². The molecule has 0 N–H and O–H groups in total. The normalized spacial score (nSPS) is 10.7. The summed E-state index contributed by atoms with van der Waals surface area (Å²) in [7, 11) is 0. The highest BCUT2D eigenvalue weighted by Crippen LogP contribution is 2.21. The van der Waals surface area contributed by atoms with E-state index in [1.165, 1.54) is 0 Å². The van der Waals surface area contributed by atoms with Gasteiger partial charge in [0.25, 0.3) is 0 Å². The van der Waals surface area contributed by atoms with E-state index in [0.717, 1.165) is 28.1 Å². The maximum atomic E-state index is 8.88. The summed E-state index contributed by atoms with van der Waals surface area (Å²) in [6.07, 6.45) is 3.88. The van der Waals surface area contributed by atoms with Gasteiger partial charge in [0.15, 0.2) is 5.76 Å². The van der Waals surface area contributed by atoms with Crippen molar-refractivity contribution in [1.82, 2.24) is 5.16 Å². The first-order valence-electron chi connectivity index (χ1n) is 6.97. The highest BCUT2D eigenvalue weighted by Gasteiger charge is 2.04. The van der Waals surface area contributed by atoms with E-state index >= 15 is 0 Å². The lowest BCUT2D eigenvalue weighted by atomic mass is 10.0. The van der Waals surface area contributed by atoms with E-state index in [-0.39, 0.29) is 0 Å². The third-order valence-corrected chi connectivity index (χ3v) is 3.42. The molecule has 0 aliphatic carbocycles. The molecule has 1 heterocycles. The minimum Gasteiger partial charge on any atom is -0.356 e. The van der Waals surface area contributed by atoms with Crippen LogP contribution in [0, 0.1) is 18.3 Å². The van der Waals surface area contributed by atoms with Crippen molar-refractivity contribution in [1.29, 1.82) is 5.26 Å². The lowest BCUT2D eigenvalue weighted by molar-refractivity contribution is 0.430. The molecule has 0 amide bonds. The number of hydrogen-bond acceptors (Lipinski definition) is 3. The van der Waals surface area contributed by atoms with Crippen molar-refractivity contribution < 1.29 is 4.52 Å². The monoisotopic (exact) mass is 286 g/mol. The van der Waals surface area contributed by atoms with E-state index in [1.807, 2.05) is 73.7 Å². The second kappa shape index (κ2) is 6.11. The molecule has 3 rings (SSSR count). The lowest BCUT2D eigenvalue weighted by Gasteiger charge is -1.99. The molecule has 3 heteroatoms. The first kappa shape index (κ1) is 13.8. The van der Waals surface area contributed by atoms with Gasteiger partial charge in [0, 0.05) is 11.6 Å². The molecule has 3 aromatic rings. The predicted molar refractivity (Wildman–Crippen MR) is 86.8 cm³/mol. The molecule has 0 unspecified atom stereocenters. The first-order valence-corrected chi connectivity index (χ1v) is 6.97. The van der Waals surface area contributed by atoms with Crippen molar-refractivity contribution in [3.8, 4) is 17.4 Å². The van der Waals surface area contributed by atoms with Crippen LogP contribution in [0.3, 0.4) is 0 Å². The second-order valence-corrected chi connectivity index (χ2v) is 5.00. The van der Waals surface area contributed by atoms with Gasteiger partial charge in [-0.3, -0.25) is 0 Å². The Bertz CT molecular complexity index is 855. The van der Waals surface area contributed by atoms with E-state index in [0.29, 0.717) is 5.56 Å². The number of nitrogens with zero attached hydrogens (tertiary/aromatic N) is 2. The topological polar surface area (TPSA) is 49.8 Å². The van der Waals surface area contributed by atoms with Gasteiger partial charge in [0.1, 0.15) is 5.69 Å². The molecule has 0 aliphatic heterocycles. The zero-order chi connectivity index (χ0) is 15.4. The molecule has 106 valence electrons. The summed E-state index contributed by atoms with van der Waals surface area (Å²) < 4.78 is 5.36. The maximum absolute atomic E-state index is 8.88. The third-order valence-electron chi connectivity index (χ3n) is 3.42. The van der Waals surface area contributed by atoms with Gasteiger partial charge in [-0.2, -0.15) is 5.26 Å². The molecule has 0 fully saturated rings. The van der Waals surface area contributed by atoms with Crippen LogP contribution in [-0.4, -0.2) is 5.16 Å². The smallest absolute Gasteiger partial charge is 0.167 e. The van der Waals surface area contributed by atoms with Gasteiger partial charge in [-0.1, -0.05) is 47.6 Å². The molecule has 0 bridgehead atoms. The van der Waals surface area contributed by atoms with E-state index in [9.17, 15) is 0 Å². The van der Waals surface area contributed by atoms with Gasteiger partial charge >= 0.3 is 0 Å². The molecule has 2 aromatic carbocycles. The molecule has 1 aromatic heterocycles. The summed E-state index contributed by atoms with van der Waals surface area (Å²) in [4.78, 5) is 0. The molecule has 0 saturated heterocycles. The molecular weight excluding hydrogens is 272 g/mol. The summed E-state index contributed by atoms with van der Waals surface area (Å²) in [6, 6.07) is 19.5. The Hall–Kier alpha value is -3.12. The minimum absolute atomic E-state index is 0.669. The molecule has 22 heavy (non-hydrogen) atoms. The first-order chi connectivity index (χ1) is 10.8. The Morgan fingerprint density at radius 3 is 2.59 bits per heavy atom. The van der Waals surface area contributed by atoms with Gasteiger partial charge in [-0.15, -0.1) is 0 Å². The summed E-state index contributed by atoms with van der Waals surface area (Å²) in [6.45, 7) is 1.98. The standard InChI is InChI=1S/C19H14N2O/c1-14-11-15(13-20)7-8-16(14)9-10-18-12-19(22-21-18)17-5-3-2-4-6-17/h2-12H,1H3/b10-9+. The van der Waals surface area contributed by atoms with Crippen LogP contribution < -0.4 is 0 Å². The van der Waals surface area contributed by atoms with Crippen LogP contribution in [0.15, 0.2) is 59.1 Å². The molecule has 0 atom stereocenters. The average molecular weight is 286 g/mol. The van der Waals surface area contributed by atoms with Crippen LogP contribution in [0.4, 0.5) is 0 Å². The van der Waals surface area contributed by atoms with Crippen LogP contribution in [0.5, 0.6) is 0 Å². The fourth-order valence-corrected chi connectivity index (χ4v) is 2.21. The Kier molecular flexibility index (Phi) is 3.84. The number of aryl methyl sites for hydroxylation is 1. The van der Waals surface area contributed by atoms with Crippen molar-refractivity contribution >= 4 is 12.2 Å². The molecule has 0 spiro atoms. The van der Waals surface area contributed by atoms with Gasteiger partial charge in [0.2, 0.25) is 0 Å². The molecule has 3 nitrogen and oxygen atoms in total. The van der Waals surface area contributed by atoms with E-state index in [1.54, 1.807) is 0 Å². The summed E-state index contributed by atoms with van der Waals surface area (Å²) >= 11 is 0. The SMILES string of the molecule is Cc1cc(C#N)ccc1/C=C/c1cc(-c2ccccc2)on1. The Balaban J connectivity index is 1.82. The highest BCUT2D eigenvalue weighted by atomic mass is 16.5. The quantitative estimate of drug-likeness (QED) is 0.701. The number of aromatic nitrogens is 1. The largest absolute Gasteiger partial charge is 0.356 e. The number of nitriles is 1. The molecule has 0 aliphatic rings. The summed E-state index contributed by atoms with van der Waals surface area (Å²) in [5.41, 5.74) is 4.56. The van der Waals surface area contributed by atoms with Crippen molar-refractivity contribution in [3.63, 3.8) is 0 Å². The molecule has 0 saturated carbocycles. The van der Waals surface area contributed by atoms with Crippen molar-refractivity contribution in [3.05, 3.63) is 77.0 Å². The van der Waals surface area contributed by atoms with Crippen LogP contribution in [0.1, 0.15) is 22.4 Å². The van der Waals surface area contributed by atoms with Crippen molar-refractivity contribution in [2.45, 2.75) is 6.92 Å². The van der Waals surface area contributed by atoms with Gasteiger partial charge in [-0.25, -0.2) is 0 Å². The maximum Gasteiger partial charge on any atom is 0.167 e. The Morgan fingerprint density at radius 2 is 1.86 bits per heavy atom. The number of hydrogen-bond donors (Lipinski definition) is 0. The van der Waals surface area contributed by atoms with Crippen LogP contribution in [0.2, 0.25) is 0 Å². The van der Waals surface area contributed by atoms with Gasteiger partial charge in [-0.05, 0) is 36.3 Å². The van der Waals surface area contributed by atoms with Gasteiger partial charge < -0.3 is 4.52 Å². The lowest BCUT2D eigenvalue weighted by Crippen LogP contribution is -1.82. The zero-order valence-electron chi connectivity index (χ0n) is 12.2. The zero-order valence-corrected chi connectivity index (χ0v) is 12.2. The van der Waals surface area contributed by atoms with Crippen molar-refractivity contribution in [2.75, 3.05) is 0 Å². The van der Waals surface area contributed by atoms with Crippen molar-refractivity contribution in [2.24, 2.45) is 0 Å². The van der Waals surface area contributed by atoms with E-state index in [2.05, 4.69) is 11.2 Å². The number of benzene rings is 2. The Labute approximate surface area is 129 Å². The molecular formula is C19H14N2O. The highest BCUT2D eigenvalue weighted by molar-refractivity contribution is 5.71. The second-order valence-electron chi connectivity index (χ2n) is 5.00. The minimum atomic E-state index is 0.669. The summed E-state index contributed by atoms with van der Waals surface area (Å²) in [5.74, 6) is 0.747. The van der Waals surface area contributed by atoms with Crippen LogP contribution in [0.25, 0.3) is 23.5 Å². The number of rotatable bonds is 3. The van der Waals surface area contributed by atoms with Gasteiger partial charge in [0.05, 0.1) is 11.6 Å².